The van der Waals surface area contributed by atoms with Gasteiger partial charge in [-0.05, 0) is 25.0 Å². The lowest BCUT2D eigenvalue weighted by Gasteiger charge is -2.06. The van der Waals surface area contributed by atoms with Gasteiger partial charge in [0.2, 0.25) is 5.88 Å². The largest absolute Gasteiger partial charge is 0.497 e. The maximum atomic E-state index is 11.4. The molecule has 0 amide bonds. The average Bonchev–Trinajstić information content (AvgIpc) is 3.41. The van der Waals surface area contributed by atoms with Gasteiger partial charge in [-0.25, -0.2) is 9.79 Å². The molecule has 0 aliphatic heterocycles. The molecule has 0 unspecified atom stereocenters. The smallest absolute Gasteiger partial charge is 0.326 e. The zero-order valence-corrected chi connectivity index (χ0v) is 16.4. The first-order valence-corrected chi connectivity index (χ1v) is 9.53. The Bertz CT molecular complexity index is 1430. The standard InChI is InChI=1S/C19H18N8O4/c1-30-13-4-5-20-12(7-13)9-31-19-24-15-10(6-14-16(28)25-18(29)23-14)8-21-27(15)17(26-19)22-11-2-3-11/h4-8,11,28H,2-3,9H2,1H3,(H2,23,25,29)/b10-6-,22-17?. The molecule has 0 atom stereocenters. The fourth-order valence-corrected chi connectivity index (χ4v) is 2.93. The summed E-state index contributed by atoms with van der Waals surface area (Å²) in [6.07, 6.45) is 6.72. The van der Waals surface area contributed by atoms with Gasteiger partial charge in [0.1, 0.15) is 18.1 Å². The van der Waals surface area contributed by atoms with Crippen molar-refractivity contribution in [1.82, 2.24) is 34.5 Å². The number of H-pyrrole nitrogens is 2. The summed E-state index contributed by atoms with van der Waals surface area (Å²) in [4.78, 5) is 33.9. The Hall–Kier alpha value is -4.22. The van der Waals surface area contributed by atoms with E-state index in [2.05, 4.69) is 35.0 Å². The number of aromatic hydroxyl groups is 1. The van der Waals surface area contributed by atoms with Crippen molar-refractivity contribution in [2.45, 2.75) is 25.5 Å². The quantitative estimate of drug-likeness (QED) is 0.373. The van der Waals surface area contributed by atoms with Crippen molar-refractivity contribution in [1.29, 1.82) is 0 Å². The molecule has 1 saturated carbocycles. The number of nitrogens with zero attached hydrogens (tertiary/aromatic N) is 6. The van der Waals surface area contributed by atoms with Crippen molar-refractivity contribution >= 4 is 11.7 Å². The molecular weight excluding hydrogens is 404 g/mol. The predicted molar refractivity (Wildman–Crippen MR) is 106 cm³/mol. The highest BCUT2D eigenvalue weighted by molar-refractivity contribution is 5.56. The number of aromatic amines is 2. The fraction of sp³-hybridized carbons (Fsp3) is 0.263. The topological polar surface area (TPSA) is 156 Å². The van der Waals surface area contributed by atoms with E-state index in [0.29, 0.717) is 27.9 Å². The maximum Gasteiger partial charge on any atom is 0.326 e. The molecule has 4 aromatic heterocycles. The molecule has 3 N–H and O–H groups in total. The molecule has 1 aliphatic rings. The number of nitrogens with one attached hydrogen (secondary N) is 2. The second-order valence-corrected chi connectivity index (χ2v) is 6.96. The molecule has 1 aliphatic carbocycles. The molecule has 1 fully saturated rings. The lowest BCUT2D eigenvalue weighted by atomic mass is 10.3. The maximum absolute atomic E-state index is 11.4. The Morgan fingerprint density at radius 1 is 1.35 bits per heavy atom. The number of imidazole rings is 1. The minimum absolute atomic E-state index is 0.110. The molecule has 158 valence electrons. The molecule has 5 rings (SSSR count). The number of rotatable bonds is 6. The van der Waals surface area contributed by atoms with Gasteiger partial charge in [0.15, 0.2) is 5.65 Å². The zero-order chi connectivity index (χ0) is 21.4. The first-order chi connectivity index (χ1) is 15.1. The van der Waals surface area contributed by atoms with Gasteiger partial charge in [0.25, 0.3) is 5.62 Å². The van der Waals surface area contributed by atoms with Crippen LogP contribution in [-0.4, -0.2) is 52.8 Å². The molecule has 0 radical (unpaired) electrons. The fourth-order valence-electron chi connectivity index (χ4n) is 2.93. The third-order valence-electron chi connectivity index (χ3n) is 4.61. The molecule has 12 heteroatoms. The summed E-state index contributed by atoms with van der Waals surface area (Å²) in [6.45, 7) is 0.134. The van der Waals surface area contributed by atoms with Crippen LogP contribution in [0.25, 0.3) is 11.7 Å². The summed E-state index contributed by atoms with van der Waals surface area (Å²) >= 11 is 0. The number of hydrogen-bond donors (Lipinski definition) is 3. The Balaban J connectivity index is 1.57. The lowest BCUT2D eigenvalue weighted by molar-refractivity contribution is 0.273. The van der Waals surface area contributed by atoms with Crippen molar-refractivity contribution in [3.05, 3.63) is 57.2 Å². The van der Waals surface area contributed by atoms with Gasteiger partial charge < -0.3 is 19.6 Å². The Labute approximate surface area is 174 Å². The predicted octanol–water partition coefficient (Wildman–Crippen LogP) is -0.560. The van der Waals surface area contributed by atoms with E-state index < -0.39 is 5.69 Å². The number of pyridine rings is 1. The van der Waals surface area contributed by atoms with Crippen LogP contribution in [0.1, 0.15) is 24.2 Å². The van der Waals surface area contributed by atoms with Crippen LogP contribution in [0.2, 0.25) is 0 Å². The van der Waals surface area contributed by atoms with E-state index >= 15 is 0 Å². The molecule has 0 spiro atoms. The van der Waals surface area contributed by atoms with Crippen molar-refractivity contribution in [3.63, 3.8) is 0 Å². The van der Waals surface area contributed by atoms with E-state index in [4.69, 9.17) is 9.47 Å². The summed E-state index contributed by atoms with van der Waals surface area (Å²) in [7, 11) is 1.58. The highest BCUT2D eigenvalue weighted by Crippen LogP contribution is 2.22. The first kappa shape index (κ1) is 18.8. The van der Waals surface area contributed by atoms with E-state index in [1.54, 1.807) is 37.7 Å². The molecule has 0 aromatic carbocycles. The van der Waals surface area contributed by atoms with Gasteiger partial charge in [-0.1, -0.05) is 0 Å². The van der Waals surface area contributed by atoms with Gasteiger partial charge in [-0.15, -0.1) is 0 Å². The van der Waals surface area contributed by atoms with Gasteiger partial charge in [0.05, 0.1) is 25.0 Å². The first-order valence-electron chi connectivity index (χ1n) is 9.53. The van der Waals surface area contributed by atoms with Crippen LogP contribution in [0.5, 0.6) is 17.6 Å². The third-order valence-corrected chi connectivity index (χ3v) is 4.61. The van der Waals surface area contributed by atoms with E-state index in [1.165, 1.54) is 4.52 Å². The minimum Gasteiger partial charge on any atom is -0.497 e. The summed E-state index contributed by atoms with van der Waals surface area (Å²) in [5.74, 6) is 0.393. The molecular formula is C19H18N8O4. The summed E-state index contributed by atoms with van der Waals surface area (Å²) in [5, 5.41) is 14.7. The number of methoxy groups -OCH3 is 1. The zero-order valence-electron chi connectivity index (χ0n) is 16.4. The van der Waals surface area contributed by atoms with Crippen LogP contribution in [0, 0.1) is 0 Å². The third kappa shape index (κ3) is 3.95. The minimum atomic E-state index is -0.519. The number of ether oxygens (including phenoxy) is 2. The molecule has 12 nitrogen and oxygen atoms in total. The molecule has 31 heavy (non-hydrogen) atoms. The Morgan fingerprint density at radius 2 is 2.23 bits per heavy atom. The van der Waals surface area contributed by atoms with E-state index in [1.807, 2.05) is 0 Å². The van der Waals surface area contributed by atoms with Gasteiger partial charge in [-0.2, -0.15) is 19.6 Å². The number of fused-ring (bicyclic) bond motifs is 1. The average molecular weight is 422 g/mol. The van der Waals surface area contributed by atoms with Crippen LogP contribution in [0.3, 0.4) is 0 Å². The van der Waals surface area contributed by atoms with Crippen molar-refractivity contribution in [2.75, 3.05) is 7.11 Å². The van der Waals surface area contributed by atoms with Crippen molar-refractivity contribution < 1.29 is 14.6 Å². The van der Waals surface area contributed by atoms with Crippen LogP contribution in [0.4, 0.5) is 0 Å². The molecule has 0 saturated heterocycles. The van der Waals surface area contributed by atoms with Crippen molar-refractivity contribution in [2.24, 2.45) is 4.99 Å². The van der Waals surface area contributed by atoms with E-state index in [0.717, 1.165) is 12.8 Å². The highest BCUT2D eigenvalue weighted by Gasteiger charge is 2.21. The van der Waals surface area contributed by atoms with E-state index in [9.17, 15) is 9.90 Å². The summed E-state index contributed by atoms with van der Waals surface area (Å²) < 4.78 is 12.5. The lowest BCUT2D eigenvalue weighted by Crippen LogP contribution is -2.24. The van der Waals surface area contributed by atoms with Crippen LogP contribution >= 0.6 is 0 Å². The van der Waals surface area contributed by atoms with E-state index in [-0.39, 0.29) is 30.2 Å². The summed E-state index contributed by atoms with van der Waals surface area (Å²) in [6, 6.07) is 3.82. The summed E-state index contributed by atoms with van der Waals surface area (Å²) in [5.41, 5.74) is 1.13. The second-order valence-electron chi connectivity index (χ2n) is 6.96. The molecule has 4 aromatic rings. The van der Waals surface area contributed by atoms with Crippen molar-refractivity contribution in [3.8, 4) is 17.6 Å². The second kappa shape index (κ2) is 7.55. The monoisotopic (exact) mass is 422 g/mol. The highest BCUT2D eigenvalue weighted by atomic mass is 16.5. The van der Waals surface area contributed by atoms with Crippen LogP contribution in [-0.2, 0) is 6.61 Å². The number of hydrogen-bond acceptors (Lipinski definition) is 9. The van der Waals surface area contributed by atoms with Gasteiger partial charge in [-0.3, -0.25) is 9.97 Å². The van der Waals surface area contributed by atoms with Gasteiger partial charge >= 0.3 is 11.7 Å². The Morgan fingerprint density at radius 3 is 2.97 bits per heavy atom. The SMILES string of the molecule is COc1ccnc(COc2nc(=NC3CC3)n3nc/c(=C/c4[nH]c(=O)[nH]c4O)c3n2)c1. The number of aromatic nitrogens is 7. The molecule has 0 bridgehead atoms. The van der Waals surface area contributed by atoms with Crippen LogP contribution in [0.15, 0.2) is 34.3 Å². The Kier molecular flexibility index (Phi) is 4.58. The van der Waals surface area contributed by atoms with Crippen LogP contribution < -0.4 is 26.0 Å². The molecule has 4 heterocycles. The normalized spacial score (nSPS) is 15.0. The van der Waals surface area contributed by atoms with Gasteiger partial charge in [0, 0.05) is 17.5 Å².